The number of carbonyl (C=O) groups is 1. The van der Waals surface area contributed by atoms with Gasteiger partial charge in [-0.1, -0.05) is 42.0 Å². The Bertz CT molecular complexity index is 770. The molecule has 2 heterocycles. The topological polar surface area (TPSA) is 23.6 Å². The Kier molecular flexibility index (Phi) is 4.58. The molecule has 0 aliphatic carbocycles. The van der Waals surface area contributed by atoms with Gasteiger partial charge >= 0.3 is 0 Å². The molecule has 1 saturated heterocycles. The van der Waals surface area contributed by atoms with Gasteiger partial charge in [0.15, 0.2) is 0 Å². The zero-order chi connectivity index (χ0) is 17.2. The number of nitrogens with zero attached hydrogens (tertiary/aromatic N) is 2. The summed E-state index contributed by atoms with van der Waals surface area (Å²) in [7, 11) is 0. The highest BCUT2D eigenvalue weighted by Crippen LogP contribution is 2.25. The van der Waals surface area contributed by atoms with Crippen LogP contribution in [0.3, 0.4) is 0 Å². The Morgan fingerprint density at radius 2 is 1.88 bits per heavy atom. The third-order valence-electron chi connectivity index (χ3n) is 5.63. The van der Waals surface area contributed by atoms with E-state index in [4.69, 9.17) is 0 Å². The van der Waals surface area contributed by atoms with E-state index in [1.807, 2.05) is 31.2 Å². The van der Waals surface area contributed by atoms with Crippen LogP contribution in [0.1, 0.15) is 39.9 Å². The van der Waals surface area contributed by atoms with Crippen LogP contribution in [0.25, 0.3) is 0 Å². The van der Waals surface area contributed by atoms with Gasteiger partial charge in [0.05, 0.1) is 0 Å². The largest absolute Gasteiger partial charge is 0.337 e. The number of likely N-dealkylation sites (tertiary alicyclic amines) is 1. The van der Waals surface area contributed by atoms with E-state index >= 15 is 0 Å². The molecule has 130 valence electrons. The molecule has 0 saturated carbocycles. The molecule has 4 rings (SSSR count). The van der Waals surface area contributed by atoms with Crippen LogP contribution in [0, 0.1) is 6.92 Å². The van der Waals surface area contributed by atoms with Crippen molar-refractivity contribution in [1.29, 1.82) is 0 Å². The average Bonchev–Trinajstić information content (AvgIpc) is 2.67. The van der Waals surface area contributed by atoms with Gasteiger partial charge in [-0.05, 0) is 49.4 Å². The molecule has 3 heteroatoms. The molecular formula is C22H26N2O. The third kappa shape index (κ3) is 3.47. The normalized spacial score (nSPS) is 21.0. The van der Waals surface area contributed by atoms with Crippen molar-refractivity contribution in [3.05, 3.63) is 70.8 Å². The number of amides is 1. The molecule has 1 amide bonds. The Hall–Kier alpha value is -2.13. The quantitative estimate of drug-likeness (QED) is 0.837. The summed E-state index contributed by atoms with van der Waals surface area (Å²) in [6.45, 7) is 5.91. The predicted molar refractivity (Wildman–Crippen MR) is 101 cm³/mol. The summed E-state index contributed by atoms with van der Waals surface area (Å²) >= 11 is 0. The molecular weight excluding hydrogens is 308 g/mol. The number of rotatable bonds is 2. The first-order valence-corrected chi connectivity index (χ1v) is 9.37. The molecule has 1 atom stereocenters. The van der Waals surface area contributed by atoms with Gasteiger partial charge in [0.25, 0.3) is 5.91 Å². The summed E-state index contributed by atoms with van der Waals surface area (Å²) < 4.78 is 0. The van der Waals surface area contributed by atoms with Gasteiger partial charge in [-0.15, -0.1) is 0 Å². The van der Waals surface area contributed by atoms with Crippen LogP contribution in [0.5, 0.6) is 0 Å². The second-order valence-electron chi connectivity index (χ2n) is 7.41. The summed E-state index contributed by atoms with van der Waals surface area (Å²) in [5.74, 6) is 0.186. The lowest BCUT2D eigenvalue weighted by atomic mass is 9.95. The summed E-state index contributed by atoms with van der Waals surface area (Å²) in [4.78, 5) is 17.5. The van der Waals surface area contributed by atoms with Crippen molar-refractivity contribution < 1.29 is 4.79 Å². The average molecular weight is 334 g/mol. The van der Waals surface area contributed by atoms with Crippen LogP contribution >= 0.6 is 0 Å². The van der Waals surface area contributed by atoms with E-state index in [-0.39, 0.29) is 5.91 Å². The molecule has 25 heavy (non-hydrogen) atoms. The maximum atomic E-state index is 12.9. The number of fused-ring (bicyclic) bond motifs is 1. The predicted octanol–water partition coefficient (Wildman–Crippen LogP) is 3.66. The minimum Gasteiger partial charge on any atom is -0.337 e. The Morgan fingerprint density at radius 3 is 2.72 bits per heavy atom. The number of hydrogen-bond acceptors (Lipinski definition) is 2. The van der Waals surface area contributed by atoms with Crippen LogP contribution in [0.4, 0.5) is 0 Å². The molecule has 0 spiro atoms. The van der Waals surface area contributed by atoms with Crippen LogP contribution in [0.15, 0.2) is 48.5 Å². The van der Waals surface area contributed by atoms with E-state index in [1.54, 1.807) is 0 Å². The van der Waals surface area contributed by atoms with Gasteiger partial charge in [0, 0.05) is 37.8 Å². The van der Waals surface area contributed by atoms with Crippen molar-refractivity contribution in [3.63, 3.8) is 0 Å². The standard InChI is InChI=1S/C22H26N2O/c1-17-6-4-9-19(14-17)22(25)24-12-5-10-21(16-24)23-13-11-18-7-2-3-8-20(18)15-23/h2-4,6-9,14,21H,5,10-13,15-16H2,1H3/t21-/m1/s1. The van der Waals surface area contributed by atoms with Gasteiger partial charge in [0.2, 0.25) is 0 Å². The highest BCUT2D eigenvalue weighted by molar-refractivity contribution is 5.94. The van der Waals surface area contributed by atoms with Crippen molar-refractivity contribution in [2.75, 3.05) is 19.6 Å². The number of hydrogen-bond donors (Lipinski definition) is 0. The lowest BCUT2D eigenvalue weighted by Gasteiger charge is -2.41. The summed E-state index contributed by atoms with van der Waals surface area (Å²) in [5.41, 5.74) is 4.91. The molecule has 0 bridgehead atoms. The first-order chi connectivity index (χ1) is 12.2. The monoisotopic (exact) mass is 334 g/mol. The Morgan fingerprint density at radius 1 is 1.04 bits per heavy atom. The smallest absolute Gasteiger partial charge is 0.253 e. The zero-order valence-electron chi connectivity index (χ0n) is 14.9. The van der Waals surface area contributed by atoms with E-state index in [0.29, 0.717) is 6.04 Å². The highest BCUT2D eigenvalue weighted by Gasteiger charge is 2.30. The molecule has 2 aliphatic rings. The van der Waals surface area contributed by atoms with E-state index in [9.17, 15) is 4.79 Å². The summed E-state index contributed by atoms with van der Waals surface area (Å²) in [6.07, 6.45) is 3.42. The zero-order valence-corrected chi connectivity index (χ0v) is 14.9. The molecule has 2 aromatic carbocycles. The number of benzene rings is 2. The van der Waals surface area contributed by atoms with Crippen molar-refractivity contribution >= 4 is 5.91 Å². The van der Waals surface area contributed by atoms with E-state index < -0.39 is 0 Å². The molecule has 3 nitrogen and oxygen atoms in total. The molecule has 0 N–H and O–H groups in total. The van der Waals surface area contributed by atoms with Crippen LogP contribution in [-0.2, 0) is 13.0 Å². The summed E-state index contributed by atoms with van der Waals surface area (Å²) in [5, 5.41) is 0. The third-order valence-corrected chi connectivity index (χ3v) is 5.63. The van der Waals surface area contributed by atoms with Crippen molar-refractivity contribution in [2.45, 2.75) is 38.8 Å². The fourth-order valence-electron chi connectivity index (χ4n) is 4.23. The lowest BCUT2D eigenvalue weighted by molar-refractivity contribution is 0.0549. The maximum Gasteiger partial charge on any atom is 0.253 e. The molecule has 1 fully saturated rings. The molecule has 0 unspecified atom stereocenters. The maximum absolute atomic E-state index is 12.9. The van der Waals surface area contributed by atoms with Crippen LogP contribution in [0.2, 0.25) is 0 Å². The number of aryl methyl sites for hydroxylation is 1. The van der Waals surface area contributed by atoms with Gasteiger partial charge in [0.1, 0.15) is 0 Å². The molecule has 2 aromatic rings. The molecule has 0 aromatic heterocycles. The van der Waals surface area contributed by atoms with Crippen molar-refractivity contribution in [2.24, 2.45) is 0 Å². The minimum absolute atomic E-state index is 0.186. The fourth-order valence-corrected chi connectivity index (χ4v) is 4.23. The van der Waals surface area contributed by atoms with Crippen LogP contribution in [-0.4, -0.2) is 41.4 Å². The van der Waals surface area contributed by atoms with Gasteiger partial charge in [-0.25, -0.2) is 0 Å². The van der Waals surface area contributed by atoms with Crippen molar-refractivity contribution in [1.82, 2.24) is 9.80 Å². The van der Waals surface area contributed by atoms with E-state index in [1.165, 1.54) is 17.5 Å². The lowest BCUT2D eigenvalue weighted by Crippen LogP contribution is -2.51. The van der Waals surface area contributed by atoms with Gasteiger partial charge < -0.3 is 4.90 Å². The molecule has 2 aliphatic heterocycles. The Balaban J connectivity index is 1.46. The first-order valence-electron chi connectivity index (χ1n) is 9.37. The van der Waals surface area contributed by atoms with Gasteiger partial charge in [-0.3, -0.25) is 9.69 Å². The Labute approximate surface area is 150 Å². The number of piperidine rings is 1. The second-order valence-corrected chi connectivity index (χ2v) is 7.41. The van der Waals surface area contributed by atoms with Crippen LogP contribution < -0.4 is 0 Å². The van der Waals surface area contributed by atoms with E-state index in [0.717, 1.165) is 50.1 Å². The first kappa shape index (κ1) is 16.3. The number of carbonyl (C=O) groups excluding carboxylic acids is 1. The molecule has 0 radical (unpaired) electrons. The van der Waals surface area contributed by atoms with Crippen molar-refractivity contribution in [3.8, 4) is 0 Å². The SMILES string of the molecule is Cc1cccc(C(=O)N2CCC[C@@H](N3CCc4ccccc4C3)C2)c1. The summed E-state index contributed by atoms with van der Waals surface area (Å²) in [6, 6.07) is 17.2. The minimum atomic E-state index is 0.186. The second kappa shape index (κ2) is 7.01. The van der Waals surface area contributed by atoms with E-state index in [2.05, 4.69) is 34.1 Å². The fraction of sp³-hybridized carbons (Fsp3) is 0.409. The van der Waals surface area contributed by atoms with Gasteiger partial charge in [-0.2, -0.15) is 0 Å². The highest BCUT2D eigenvalue weighted by atomic mass is 16.2.